The molecule has 8 aromatic heterocycles. The van der Waals surface area contributed by atoms with Gasteiger partial charge in [0.25, 0.3) is 0 Å². The second-order valence-corrected chi connectivity index (χ2v) is 13.2. The monoisotopic (exact) mass is 774 g/mol. The van der Waals surface area contributed by atoms with Gasteiger partial charge in [-0.3, -0.25) is 9.59 Å². The molecule has 0 spiro atoms. The summed E-state index contributed by atoms with van der Waals surface area (Å²) in [7, 11) is 0. The maximum Gasteiger partial charge on any atom is 0.225 e. The molecule has 2 aromatic carbocycles. The number of carbonyl (C=O) groups is 2. The fourth-order valence-corrected chi connectivity index (χ4v) is 6.84. The van der Waals surface area contributed by atoms with E-state index in [1.807, 2.05) is 74.5 Å². The maximum atomic E-state index is 12.8. The number of rotatable bonds is 10. The van der Waals surface area contributed by atoms with Crippen molar-refractivity contribution in [2.24, 2.45) is 0 Å². The van der Waals surface area contributed by atoms with Gasteiger partial charge in [-0.15, -0.1) is 10.2 Å². The Morgan fingerprint density at radius 1 is 0.569 bits per heavy atom. The van der Waals surface area contributed by atoms with E-state index in [4.69, 9.17) is 20.3 Å². The second kappa shape index (κ2) is 14.6. The Hall–Kier alpha value is -8.02. The minimum atomic E-state index is -0.597. The predicted octanol–water partition coefficient (Wildman–Crippen LogP) is 5.77. The van der Waals surface area contributed by atoms with Crippen LogP contribution >= 0.6 is 0 Å². The lowest BCUT2D eigenvalue weighted by atomic mass is 10.0. The van der Waals surface area contributed by atoms with Gasteiger partial charge in [0.1, 0.15) is 12.1 Å². The summed E-state index contributed by atoms with van der Waals surface area (Å²) in [6.07, 6.45) is 7.11. The average Bonchev–Trinajstić information content (AvgIpc) is 4.10. The molecule has 0 fully saturated rings. The first-order valence-corrected chi connectivity index (χ1v) is 18.4. The molecule has 4 N–H and O–H groups in total. The van der Waals surface area contributed by atoms with Crippen molar-refractivity contribution in [2.45, 2.75) is 38.8 Å². The van der Waals surface area contributed by atoms with Gasteiger partial charge < -0.3 is 20.3 Å². The van der Waals surface area contributed by atoms with Crippen molar-refractivity contribution >= 4 is 56.8 Å². The average molecular weight is 775 g/mol. The minimum Gasteiger partial charge on any atom is -0.461 e. The number of aromatic nitrogens is 12. The highest BCUT2D eigenvalue weighted by molar-refractivity contribution is 5.94. The fraction of sp³-hybridized carbons (Fsp3) is 0.150. The standard InChI is InChI=1S/2C20H17N7O2/c2*1-2-14(28)16(12-7-4-3-5-8-12)26-19-13(11-22-26)18-23-17(15-9-6-10-29-15)25-27(18)20(21)24-19/h2*3-11,16H,2H2,1H3,(H2,21,24)/t2*16-/m10/s1. The summed E-state index contributed by atoms with van der Waals surface area (Å²) < 4.78 is 16.9. The molecule has 0 aliphatic rings. The first-order valence-electron chi connectivity index (χ1n) is 18.4. The van der Waals surface area contributed by atoms with Gasteiger partial charge in [0.15, 0.2) is 45.7 Å². The lowest BCUT2D eigenvalue weighted by Gasteiger charge is -2.17. The molecule has 2 atom stereocenters. The minimum absolute atomic E-state index is 0.0270. The van der Waals surface area contributed by atoms with Gasteiger partial charge in [-0.2, -0.15) is 29.2 Å². The molecule has 8 heterocycles. The Kier molecular flexibility index (Phi) is 8.96. The number of Topliss-reactive ketones (excluding diaryl/α,β-unsaturated/α-hetero) is 2. The molecule has 0 radical (unpaired) electrons. The molecule has 10 aromatic rings. The molecule has 18 nitrogen and oxygen atoms in total. The van der Waals surface area contributed by atoms with Crippen molar-refractivity contribution in [3.8, 4) is 23.2 Å². The third-order valence-corrected chi connectivity index (χ3v) is 9.62. The first-order chi connectivity index (χ1) is 28.3. The van der Waals surface area contributed by atoms with E-state index in [0.717, 1.165) is 11.1 Å². The molecular weight excluding hydrogens is 741 g/mol. The smallest absolute Gasteiger partial charge is 0.225 e. The zero-order valence-corrected chi connectivity index (χ0v) is 31.1. The molecule has 0 unspecified atom stereocenters. The molecule has 0 saturated carbocycles. The first kappa shape index (κ1) is 35.7. The van der Waals surface area contributed by atoms with Crippen LogP contribution in [0.25, 0.3) is 56.5 Å². The van der Waals surface area contributed by atoms with E-state index in [1.54, 1.807) is 58.5 Å². The molecule has 0 aliphatic heterocycles. The van der Waals surface area contributed by atoms with Crippen LogP contribution in [0.4, 0.5) is 11.9 Å². The van der Waals surface area contributed by atoms with Crippen LogP contribution in [0.3, 0.4) is 0 Å². The van der Waals surface area contributed by atoms with Gasteiger partial charge >= 0.3 is 0 Å². The molecule has 10 rings (SSSR count). The Balaban J connectivity index is 0.000000150. The molecule has 0 saturated heterocycles. The van der Waals surface area contributed by atoms with E-state index in [2.05, 4.69) is 40.3 Å². The summed E-state index contributed by atoms with van der Waals surface area (Å²) in [5, 5.41) is 19.0. The Bertz CT molecular complexity index is 2850. The van der Waals surface area contributed by atoms with Crippen molar-refractivity contribution in [3.63, 3.8) is 0 Å². The van der Waals surface area contributed by atoms with Gasteiger partial charge in [-0.25, -0.2) is 19.3 Å². The number of anilines is 2. The number of furan rings is 2. The van der Waals surface area contributed by atoms with Gasteiger partial charge in [-0.1, -0.05) is 74.5 Å². The Morgan fingerprint density at radius 3 is 1.34 bits per heavy atom. The van der Waals surface area contributed by atoms with Crippen LogP contribution in [0.2, 0.25) is 0 Å². The summed E-state index contributed by atoms with van der Waals surface area (Å²) in [6.45, 7) is 3.66. The fourth-order valence-electron chi connectivity index (χ4n) is 6.84. The summed E-state index contributed by atoms with van der Waals surface area (Å²) >= 11 is 0. The van der Waals surface area contributed by atoms with Gasteiger partial charge in [-0.05, 0) is 35.4 Å². The molecule has 58 heavy (non-hydrogen) atoms. The van der Waals surface area contributed by atoms with Crippen LogP contribution in [0.1, 0.15) is 49.9 Å². The second-order valence-electron chi connectivity index (χ2n) is 13.2. The SMILES string of the molecule is CCC(=O)[C@@H](c1ccccc1)n1ncc2c1nc(N)n1nc(-c3ccco3)nc21.CCC(=O)[C@H](c1ccccc1)n1ncc2c1nc(N)n1nc(-c3ccco3)nc21. The van der Waals surface area contributed by atoms with Crippen LogP contribution in [0, 0.1) is 0 Å². The topological polar surface area (TPSA) is 234 Å². The zero-order valence-electron chi connectivity index (χ0n) is 31.1. The third-order valence-electron chi connectivity index (χ3n) is 9.62. The highest BCUT2D eigenvalue weighted by Crippen LogP contribution is 2.30. The summed E-state index contributed by atoms with van der Waals surface area (Å²) in [4.78, 5) is 43.7. The van der Waals surface area contributed by atoms with Crippen LogP contribution < -0.4 is 11.5 Å². The van der Waals surface area contributed by atoms with Crippen molar-refractivity contribution in [1.82, 2.24) is 58.7 Å². The highest BCUT2D eigenvalue weighted by Gasteiger charge is 2.28. The van der Waals surface area contributed by atoms with Crippen molar-refractivity contribution in [2.75, 3.05) is 11.5 Å². The number of fused-ring (bicyclic) bond motifs is 6. The zero-order chi connectivity index (χ0) is 39.9. The molecule has 18 heteroatoms. The van der Waals surface area contributed by atoms with E-state index in [0.29, 0.717) is 69.4 Å². The van der Waals surface area contributed by atoms with Crippen molar-refractivity contribution in [1.29, 1.82) is 0 Å². The molecule has 0 bridgehead atoms. The van der Waals surface area contributed by atoms with Crippen molar-refractivity contribution < 1.29 is 18.4 Å². The molecule has 288 valence electrons. The molecular formula is C40H34N14O4. The van der Waals surface area contributed by atoms with Gasteiger partial charge in [0, 0.05) is 12.8 Å². The normalized spacial score (nSPS) is 12.6. The summed E-state index contributed by atoms with van der Waals surface area (Å²) in [5.41, 5.74) is 15.9. The van der Waals surface area contributed by atoms with E-state index >= 15 is 0 Å². The van der Waals surface area contributed by atoms with Crippen LogP contribution in [0.5, 0.6) is 0 Å². The maximum absolute atomic E-state index is 12.8. The number of benzene rings is 2. The number of nitrogens with two attached hydrogens (primary N) is 2. The lowest BCUT2D eigenvalue weighted by molar-refractivity contribution is -0.121. The highest BCUT2D eigenvalue weighted by atomic mass is 16.3. The van der Waals surface area contributed by atoms with Gasteiger partial charge in [0.2, 0.25) is 23.5 Å². The van der Waals surface area contributed by atoms with Crippen LogP contribution in [0.15, 0.2) is 119 Å². The number of carbonyl (C=O) groups excluding carboxylic acids is 2. The Morgan fingerprint density at radius 2 is 0.983 bits per heavy atom. The van der Waals surface area contributed by atoms with Crippen LogP contribution in [-0.4, -0.2) is 70.3 Å². The van der Waals surface area contributed by atoms with Gasteiger partial charge in [0.05, 0.1) is 35.7 Å². The third kappa shape index (κ3) is 6.08. The number of hydrogen-bond acceptors (Lipinski definition) is 14. The number of hydrogen-bond donors (Lipinski definition) is 2. The molecule has 0 aliphatic carbocycles. The van der Waals surface area contributed by atoms with E-state index in [9.17, 15) is 9.59 Å². The largest absolute Gasteiger partial charge is 0.461 e. The van der Waals surface area contributed by atoms with E-state index in [1.165, 1.54) is 9.03 Å². The quantitative estimate of drug-likeness (QED) is 0.168. The van der Waals surface area contributed by atoms with E-state index in [-0.39, 0.29) is 23.5 Å². The number of nitrogens with zero attached hydrogens (tertiary/aromatic N) is 12. The van der Waals surface area contributed by atoms with E-state index < -0.39 is 12.1 Å². The summed E-state index contributed by atoms with van der Waals surface area (Å²) in [5.74, 6) is 2.19. The number of nitrogen functional groups attached to an aromatic ring is 2. The Labute approximate surface area is 327 Å². The summed E-state index contributed by atoms with van der Waals surface area (Å²) in [6, 6.07) is 24.9. The lowest BCUT2D eigenvalue weighted by Crippen LogP contribution is -2.22. The predicted molar refractivity (Wildman–Crippen MR) is 212 cm³/mol. The van der Waals surface area contributed by atoms with Crippen molar-refractivity contribution in [3.05, 3.63) is 121 Å². The number of ketones is 2. The molecule has 0 amide bonds. The van der Waals surface area contributed by atoms with Crippen LogP contribution in [-0.2, 0) is 9.59 Å².